The zero-order valence-corrected chi connectivity index (χ0v) is 10.7. The van der Waals surface area contributed by atoms with E-state index in [4.69, 9.17) is 5.73 Å². The van der Waals surface area contributed by atoms with Gasteiger partial charge in [-0.3, -0.25) is 0 Å². The lowest BCUT2D eigenvalue weighted by molar-refractivity contribution is 0.247. The number of hydrogen-bond donors (Lipinski definition) is 1. The van der Waals surface area contributed by atoms with Crippen LogP contribution in [0.2, 0.25) is 0 Å². The number of rotatable bonds is 2. The van der Waals surface area contributed by atoms with Crippen LogP contribution in [0.1, 0.15) is 50.7 Å². The fourth-order valence-corrected chi connectivity index (χ4v) is 3.02. The molecule has 15 heavy (non-hydrogen) atoms. The maximum atomic E-state index is 6.22. The third kappa shape index (κ3) is 2.40. The predicted octanol–water partition coefficient (Wildman–Crippen LogP) is 2.86. The highest BCUT2D eigenvalue weighted by atomic mass is 32.1. The summed E-state index contributed by atoms with van der Waals surface area (Å²) in [6, 6.07) is 0. The molecule has 0 radical (unpaired) electrons. The largest absolute Gasteiger partial charge is 0.325 e. The van der Waals surface area contributed by atoms with Crippen LogP contribution in [0.15, 0.2) is 5.38 Å². The lowest BCUT2D eigenvalue weighted by atomic mass is 9.75. The van der Waals surface area contributed by atoms with E-state index in [2.05, 4.69) is 31.1 Å². The Morgan fingerprint density at radius 1 is 1.47 bits per heavy atom. The second-order valence-corrected chi connectivity index (χ2v) is 6.71. The number of thiazole rings is 1. The van der Waals surface area contributed by atoms with Gasteiger partial charge in [-0.15, -0.1) is 11.3 Å². The summed E-state index contributed by atoms with van der Waals surface area (Å²) >= 11 is 1.76. The summed E-state index contributed by atoms with van der Waals surface area (Å²) in [5.74, 6) is 0. The van der Waals surface area contributed by atoms with E-state index in [0.29, 0.717) is 0 Å². The Morgan fingerprint density at radius 3 is 2.53 bits per heavy atom. The van der Waals surface area contributed by atoms with Crippen molar-refractivity contribution in [1.29, 1.82) is 0 Å². The summed E-state index contributed by atoms with van der Waals surface area (Å²) in [4.78, 5) is 4.69. The van der Waals surface area contributed by atoms with Crippen molar-refractivity contribution in [2.45, 2.75) is 57.4 Å². The van der Waals surface area contributed by atoms with E-state index >= 15 is 0 Å². The average molecular weight is 224 g/mol. The third-order valence-corrected chi connectivity index (χ3v) is 4.02. The van der Waals surface area contributed by atoms with Crippen LogP contribution in [0, 0.1) is 0 Å². The molecule has 0 atom stereocenters. The van der Waals surface area contributed by atoms with Gasteiger partial charge >= 0.3 is 0 Å². The molecule has 2 rings (SSSR count). The minimum atomic E-state index is 0.0625. The van der Waals surface area contributed by atoms with Gasteiger partial charge in [0.1, 0.15) is 0 Å². The summed E-state index contributed by atoms with van der Waals surface area (Å²) in [7, 11) is 0. The fraction of sp³-hybridized carbons (Fsp3) is 0.750. The SMILES string of the molecule is CC(C)(C)c1csc(CC2(N)CCC2)n1. The average Bonchev–Trinajstić information content (AvgIpc) is 2.49. The maximum absolute atomic E-state index is 6.22. The molecule has 2 N–H and O–H groups in total. The van der Waals surface area contributed by atoms with Crippen LogP contribution in [-0.2, 0) is 11.8 Å². The van der Waals surface area contributed by atoms with Crippen LogP contribution in [-0.4, -0.2) is 10.5 Å². The van der Waals surface area contributed by atoms with Crippen molar-refractivity contribution in [3.8, 4) is 0 Å². The van der Waals surface area contributed by atoms with E-state index < -0.39 is 0 Å². The normalized spacial score (nSPS) is 20.0. The minimum Gasteiger partial charge on any atom is -0.325 e. The summed E-state index contributed by atoms with van der Waals surface area (Å²) in [5, 5.41) is 3.39. The van der Waals surface area contributed by atoms with E-state index in [9.17, 15) is 0 Å². The fourth-order valence-electron chi connectivity index (χ4n) is 1.85. The van der Waals surface area contributed by atoms with Gasteiger partial charge < -0.3 is 5.73 Å². The molecule has 0 spiro atoms. The monoisotopic (exact) mass is 224 g/mol. The van der Waals surface area contributed by atoms with Crippen LogP contribution in [0.4, 0.5) is 0 Å². The van der Waals surface area contributed by atoms with Gasteiger partial charge in [0.15, 0.2) is 0 Å². The lowest BCUT2D eigenvalue weighted by Gasteiger charge is -2.37. The van der Waals surface area contributed by atoms with Crippen molar-refractivity contribution in [1.82, 2.24) is 4.98 Å². The van der Waals surface area contributed by atoms with E-state index in [1.54, 1.807) is 11.3 Å². The summed E-state index contributed by atoms with van der Waals surface area (Å²) < 4.78 is 0. The first-order valence-corrected chi connectivity index (χ1v) is 6.51. The maximum Gasteiger partial charge on any atom is 0.0946 e. The Kier molecular flexibility index (Phi) is 2.63. The Bertz CT molecular complexity index is 345. The minimum absolute atomic E-state index is 0.0625. The second kappa shape index (κ2) is 3.56. The standard InChI is InChI=1S/C12H20N2S/c1-11(2,3)9-8-15-10(14-9)7-12(13)5-4-6-12/h8H,4-7,13H2,1-3H3. The Labute approximate surface area is 95.9 Å². The topological polar surface area (TPSA) is 38.9 Å². The molecule has 0 aromatic carbocycles. The van der Waals surface area contributed by atoms with Gasteiger partial charge in [-0.25, -0.2) is 4.98 Å². The first-order valence-electron chi connectivity index (χ1n) is 5.63. The molecule has 1 aliphatic rings. The van der Waals surface area contributed by atoms with Crippen molar-refractivity contribution in [2.24, 2.45) is 5.73 Å². The van der Waals surface area contributed by atoms with Gasteiger partial charge in [0, 0.05) is 22.8 Å². The molecule has 1 heterocycles. The van der Waals surface area contributed by atoms with Gasteiger partial charge in [-0.1, -0.05) is 20.8 Å². The van der Waals surface area contributed by atoms with Gasteiger partial charge in [0.2, 0.25) is 0 Å². The first kappa shape index (κ1) is 11.1. The molecule has 0 unspecified atom stereocenters. The molecule has 1 fully saturated rings. The zero-order chi connectivity index (χ0) is 11.1. The summed E-state index contributed by atoms with van der Waals surface area (Å²) in [6.07, 6.45) is 4.58. The van der Waals surface area contributed by atoms with Crippen LogP contribution in [0.3, 0.4) is 0 Å². The molecular formula is C12H20N2S. The van der Waals surface area contributed by atoms with Crippen LogP contribution >= 0.6 is 11.3 Å². The molecule has 1 aromatic rings. The molecule has 3 heteroatoms. The molecule has 1 aromatic heterocycles. The highest BCUT2D eigenvalue weighted by Crippen LogP contribution is 2.34. The van der Waals surface area contributed by atoms with E-state index in [-0.39, 0.29) is 11.0 Å². The van der Waals surface area contributed by atoms with Crippen LogP contribution in [0.5, 0.6) is 0 Å². The van der Waals surface area contributed by atoms with Crippen molar-refractivity contribution in [2.75, 3.05) is 0 Å². The smallest absolute Gasteiger partial charge is 0.0946 e. The Hall–Kier alpha value is -0.410. The highest BCUT2D eigenvalue weighted by molar-refractivity contribution is 7.09. The molecule has 1 saturated carbocycles. The Morgan fingerprint density at radius 2 is 2.13 bits per heavy atom. The molecule has 1 aliphatic carbocycles. The van der Waals surface area contributed by atoms with Gasteiger partial charge in [0.25, 0.3) is 0 Å². The number of aromatic nitrogens is 1. The van der Waals surface area contributed by atoms with Crippen LogP contribution in [0.25, 0.3) is 0 Å². The third-order valence-electron chi connectivity index (χ3n) is 3.17. The Balaban J connectivity index is 2.07. The molecule has 2 nitrogen and oxygen atoms in total. The summed E-state index contributed by atoms with van der Waals surface area (Å²) in [5.41, 5.74) is 7.64. The van der Waals surface area contributed by atoms with Crippen molar-refractivity contribution < 1.29 is 0 Å². The quantitative estimate of drug-likeness (QED) is 0.839. The highest BCUT2D eigenvalue weighted by Gasteiger charge is 2.33. The molecule has 0 aliphatic heterocycles. The van der Waals surface area contributed by atoms with Gasteiger partial charge in [-0.2, -0.15) is 0 Å². The molecule has 0 bridgehead atoms. The van der Waals surface area contributed by atoms with E-state index in [1.807, 2.05) is 0 Å². The van der Waals surface area contributed by atoms with Gasteiger partial charge in [0.05, 0.1) is 10.7 Å². The summed E-state index contributed by atoms with van der Waals surface area (Å²) in [6.45, 7) is 6.61. The first-order chi connectivity index (χ1) is 6.89. The molecular weight excluding hydrogens is 204 g/mol. The number of nitrogens with zero attached hydrogens (tertiary/aromatic N) is 1. The van der Waals surface area contributed by atoms with E-state index in [1.165, 1.54) is 17.1 Å². The van der Waals surface area contributed by atoms with Crippen molar-refractivity contribution in [3.63, 3.8) is 0 Å². The predicted molar refractivity (Wildman–Crippen MR) is 65.3 cm³/mol. The second-order valence-electron chi connectivity index (χ2n) is 5.77. The van der Waals surface area contributed by atoms with Crippen LogP contribution < -0.4 is 5.73 Å². The molecule has 84 valence electrons. The zero-order valence-electron chi connectivity index (χ0n) is 9.84. The van der Waals surface area contributed by atoms with Gasteiger partial charge in [-0.05, 0) is 19.3 Å². The van der Waals surface area contributed by atoms with E-state index in [0.717, 1.165) is 19.3 Å². The van der Waals surface area contributed by atoms with Crippen molar-refractivity contribution >= 4 is 11.3 Å². The number of nitrogens with two attached hydrogens (primary N) is 1. The number of hydrogen-bond acceptors (Lipinski definition) is 3. The van der Waals surface area contributed by atoms with Crippen molar-refractivity contribution in [3.05, 3.63) is 16.1 Å². The molecule has 0 amide bonds. The molecule has 0 saturated heterocycles. The lowest BCUT2D eigenvalue weighted by Crippen LogP contribution is -2.48.